The number of carbonyl (C=O) groups is 3. The van der Waals surface area contributed by atoms with Crippen LogP contribution in [0.1, 0.15) is 93.4 Å². The molecule has 2 rings (SSSR count). The number of likely N-dealkylation sites (tertiary alicyclic amines) is 2. The van der Waals surface area contributed by atoms with E-state index in [0.717, 1.165) is 45.1 Å². The largest absolute Gasteiger partial charge is 0.396 e. The molecular formula is C30H54N4O4. The van der Waals surface area contributed by atoms with Gasteiger partial charge in [-0.2, -0.15) is 0 Å². The molecule has 8 heteroatoms. The van der Waals surface area contributed by atoms with E-state index in [2.05, 4.69) is 24.1 Å². The first-order chi connectivity index (χ1) is 17.9. The molecule has 4 atom stereocenters. The maximum atomic E-state index is 13.8. The van der Waals surface area contributed by atoms with Crippen molar-refractivity contribution in [1.82, 2.24) is 20.0 Å². The zero-order valence-electron chi connectivity index (χ0n) is 25.2. The Morgan fingerprint density at radius 1 is 0.974 bits per heavy atom. The van der Waals surface area contributed by atoms with Gasteiger partial charge in [-0.15, -0.1) is 0 Å². The standard InChI is InChI=1S/C30H54N4O4/c1-20(2)26(19-23(7)29(37)34-17-11-9-13-24(34)15-18-35)32(8)30(38)27(21(3)4)31-28(36)25-14-10-12-16-33(25)22(5)6/h19-22,24-27,35H,9-18H2,1-8H3,(H,31,36)/t24?,25-,26-,27+/m1/s1. The highest BCUT2D eigenvalue weighted by atomic mass is 16.3. The summed E-state index contributed by atoms with van der Waals surface area (Å²) in [6, 6.07) is -0.792. The highest BCUT2D eigenvalue weighted by molar-refractivity contribution is 5.94. The van der Waals surface area contributed by atoms with Crippen LogP contribution in [-0.2, 0) is 14.4 Å². The highest BCUT2D eigenvalue weighted by Crippen LogP contribution is 2.24. The number of hydrogen-bond acceptors (Lipinski definition) is 5. The summed E-state index contributed by atoms with van der Waals surface area (Å²) in [6.45, 7) is 15.7. The van der Waals surface area contributed by atoms with E-state index in [4.69, 9.17) is 0 Å². The van der Waals surface area contributed by atoms with Crippen LogP contribution in [0.5, 0.6) is 0 Å². The topological polar surface area (TPSA) is 93.2 Å². The summed E-state index contributed by atoms with van der Waals surface area (Å²) < 4.78 is 0. The Morgan fingerprint density at radius 2 is 1.61 bits per heavy atom. The van der Waals surface area contributed by atoms with Crippen LogP contribution in [0.25, 0.3) is 0 Å². The van der Waals surface area contributed by atoms with Crippen LogP contribution in [0.3, 0.4) is 0 Å². The molecule has 2 N–H and O–H groups in total. The number of hydrogen-bond donors (Lipinski definition) is 2. The van der Waals surface area contributed by atoms with Gasteiger partial charge in [-0.1, -0.05) is 40.2 Å². The van der Waals surface area contributed by atoms with Gasteiger partial charge in [-0.05, 0) is 77.7 Å². The zero-order valence-corrected chi connectivity index (χ0v) is 25.2. The third-order valence-electron chi connectivity index (χ3n) is 8.33. The Balaban J connectivity index is 2.20. The van der Waals surface area contributed by atoms with E-state index in [1.807, 2.05) is 45.6 Å². The van der Waals surface area contributed by atoms with Gasteiger partial charge in [0.15, 0.2) is 0 Å². The van der Waals surface area contributed by atoms with Gasteiger partial charge in [0.1, 0.15) is 6.04 Å². The molecular weight excluding hydrogens is 480 g/mol. The Labute approximate surface area is 231 Å². The Bertz CT molecular complexity index is 823. The van der Waals surface area contributed by atoms with Crippen molar-refractivity contribution in [3.8, 4) is 0 Å². The Morgan fingerprint density at radius 3 is 2.18 bits per heavy atom. The molecule has 3 amide bonds. The first-order valence-electron chi connectivity index (χ1n) is 14.8. The van der Waals surface area contributed by atoms with Gasteiger partial charge in [-0.25, -0.2) is 0 Å². The van der Waals surface area contributed by atoms with Gasteiger partial charge < -0.3 is 20.2 Å². The second-order valence-corrected chi connectivity index (χ2v) is 12.3. The number of rotatable bonds is 11. The average molecular weight is 535 g/mol. The van der Waals surface area contributed by atoms with Crippen LogP contribution in [-0.4, -0.2) is 94.5 Å². The molecule has 38 heavy (non-hydrogen) atoms. The monoisotopic (exact) mass is 534 g/mol. The first-order valence-corrected chi connectivity index (χ1v) is 14.8. The van der Waals surface area contributed by atoms with E-state index < -0.39 is 6.04 Å². The number of likely N-dealkylation sites (N-methyl/N-ethyl adjacent to an activating group) is 1. The van der Waals surface area contributed by atoms with E-state index in [1.54, 1.807) is 11.9 Å². The maximum Gasteiger partial charge on any atom is 0.249 e. The van der Waals surface area contributed by atoms with Gasteiger partial charge in [0.05, 0.1) is 12.1 Å². The lowest BCUT2D eigenvalue weighted by Crippen LogP contribution is -2.58. The lowest BCUT2D eigenvalue weighted by Gasteiger charge is -2.39. The van der Waals surface area contributed by atoms with Crippen LogP contribution in [0.2, 0.25) is 0 Å². The first kappa shape index (κ1) is 32.3. The smallest absolute Gasteiger partial charge is 0.249 e. The minimum atomic E-state index is -0.634. The molecule has 2 fully saturated rings. The predicted octanol–water partition coefficient (Wildman–Crippen LogP) is 3.58. The van der Waals surface area contributed by atoms with Gasteiger partial charge in [0.2, 0.25) is 17.7 Å². The van der Waals surface area contributed by atoms with Crippen LogP contribution in [0.4, 0.5) is 0 Å². The van der Waals surface area contributed by atoms with Crippen LogP contribution in [0, 0.1) is 11.8 Å². The van der Waals surface area contributed by atoms with E-state index in [-0.39, 0.29) is 60.3 Å². The summed E-state index contributed by atoms with van der Waals surface area (Å²) >= 11 is 0. The number of nitrogens with zero attached hydrogens (tertiary/aromatic N) is 3. The molecule has 8 nitrogen and oxygen atoms in total. The van der Waals surface area contributed by atoms with E-state index in [0.29, 0.717) is 18.5 Å². The molecule has 1 unspecified atom stereocenters. The van der Waals surface area contributed by atoms with Crippen molar-refractivity contribution >= 4 is 17.7 Å². The molecule has 218 valence electrons. The fourth-order valence-corrected chi connectivity index (χ4v) is 6.01. The maximum absolute atomic E-state index is 13.8. The molecule has 0 spiro atoms. The summed E-state index contributed by atoms with van der Waals surface area (Å²) in [7, 11) is 1.78. The quantitative estimate of drug-likeness (QED) is 0.395. The zero-order chi connectivity index (χ0) is 28.6. The van der Waals surface area contributed by atoms with Crippen molar-refractivity contribution < 1.29 is 19.5 Å². The molecule has 0 aromatic carbocycles. The van der Waals surface area contributed by atoms with Crippen LogP contribution < -0.4 is 5.32 Å². The van der Waals surface area contributed by atoms with Crippen molar-refractivity contribution in [1.29, 1.82) is 0 Å². The van der Waals surface area contributed by atoms with Gasteiger partial charge in [0, 0.05) is 37.9 Å². The molecule has 2 saturated heterocycles. The number of piperidine rings is 2. The number of amides is 3. The number of nitrogens with one attached hydrogen (secondary N) is 1. The molecule has 2 heterocycles. The molecule has 2 aliphatic heterocycles. The second-order valence-electron chi connectivity index (χ2n) is 12.3. The Kier molecular flexibility index (Phi) is 12.8. The summed E-state index contributed by atoms with van der Waals surface area (Å²) in [5.74, 6) is -0.209. The van der Waals surface area contributed by atoms with Crippen molar-refractivity contribution in [3.05, 3.63) is 11.6 Å². The van der Waals surface area contributed by atoms with Gasteiger partial charge >= 0.3 is 0 Å². The molecule has 2 aliphatic rings. The normalized spacial score (nSPS) is 23.1. The number of carbonyl (C=O) groups excluding carboxylic acids is 3. The summed E-state index contributed by atoms with van der Waals surface area (Å²) in [5, 5.41) is 12.6. The lowest BCUT2D eigenvalue weighted by atomic mass is 9.95. The highest BCUT2D eigenvalue weighted by Gasteiger charge is 2.36. The molecule has 0 saturated carbocycles. The van der Waals surface area contributed by atoms with Gasteiger partial charge in [-0.3, -0.25) is 19.3 Å². The van der Waals surface area contributed by atoms with Crippen molar-refractivity contribution in [2.24, 2.45) is 11.8 Å². The average Bonchev–Trinajstić information content (AvgIpc) is 2.88. The molecule has 0 aliphatic carbocycles. The van der Waals surface area contributed by atoms with E-state index in [1.165, 1.54) is 0 Å². The fourth-order valence-electron chi connectivity index (χ4n) is 6.01. The minimum Gasteiger partial charge on any atom is -0.396 e. The second kappa shape index (κ2) is 15.0. The summed E-state index contributed by atoms with van der Waals surface area (Å²) in [5.41, 5.74) is 0.619. The third kappa shape index (κ3) is 8.28. The third-order valence-corrected chi connectivity index (χ3v) is 8.33. The SMILES string of the molecule is CC(=C[C@H](C(C)C)N(C)C(=O)[C@@H](NC(=O)[C@H]1CCCCN1C(C)C)C(C)C)C(=O)N1CCCCC1CCO. The lowest BCUT2D eigenvalue weighted by molar-refractivity contribution is -0.140. The van der Waals surface area contributed by atoms with Gasteiger partial charge in [0.25, 0.3) is 0 Å². The number of aliphatic hydroxyl groups is 1. The predicted molar refractivity (Wildman–Crippen MR) is 152 cm³/mol. The van der Waals surface area contributed by atoms with Crippen molar-refractivity contribution in [2.45, 2.75) is 124 Å². The molecule has 0 aromatic rings. The van der Waals surface area contributed by atoms with Crippen molar-refractivity contribution in [3.63, 3.8) is 0 Å². The fraction of sp³-hybridized carbons (Fsp3) is 0.833. The van der Waals surface area contributed by atoms with E-state index >= 15 is 0 Å². The van der Waals surface area contributed by atoms with E-state index in [9.17, 15) is 19.5 Å². The van der Waals surface area contributed by atoms with Crippen LogP contribution >= 0.6 is 0 Å². The summed E-state index contributed by atoms with van der Waals surface area (Å²) in [6.07, 6.45) is 8.38. The molecule has 0 aromatic heterocycles. The Hall–Kier alpha value is -1.93. The molecule has 0 bridgehead atoms. The summed E-state index contributed by atoms with van der Waals surface area (Å²) in [4.78, 5) is 46.4. The van der Waals surface area contributed by atoms with Crippen LogP contribution in [0.15, 0.2) is 11.6 Å². The minimum absolute atomic E-state index is 0.0190. The van der Waals surface area contributed by atoms with Crippen molar-refractivity contribution in [2.75, 3.05) is 26.7 Å². The number of aliphatic hydroxyl groups excluding tert-OH is 1. The molecule has 0 radical (unpaired) electrons.